The fourth-order valence-electron chi connectivity index (χ4n) is 2.80. The molecule has 1 aromatic heterocycles. The fourth-order valence-corrected chi connectivity index (χ4v) is 3.11. The van der Waals surface area contributed by atoms with Gasteiger partial charge < -0.3 is 9.47 Å². The van der Waals surface area contributed by atoms with E-state index in [9.17, 15) is 31.5 Å². The molecule has 0 radical (unpaired) electrons. The number of Topliss-reactive ketones (excluding diaryl/α,β-unsaturated/α-hetero) is 1. The Morgan fingerprint density at radius 1 is 1.19 bits per heavy atom. The molecule has 1 aromatic carbocycles. The number of hydrogen-bond acceptors (Lipinski definition) is 5. The third-order valence-corrected chi connectivity index (χ3v) is 5.01. The summed E-state index contributed by atoms with van der Waals surface area (Å²) in [4.78, 5) is 24.6. The van der Waals surface area contributed by atoms with E-state index >= 15 is 0 Å². The van der Waals surface area contributed by atoms with E-state index in [1.54, 1.807) is 13.8 Å². The molecule has 12 heteroatoms. The smallest absolute Gasteiger partial charge is 0.401 e. The van der Waals surface area contributed by atoms with E-state index in [1.807, 2.05) is 0 Å². The highest BCUT2D eigenvalue weighted by atomic mass is 35.5. The molecule has 0 fully saturated rings. The average Bonchev–Trinajstić information content (AvgIpc) is 3.02. The highest BCUT2D eigenvalue weighted by molar-refractivity contribution is 6.36. The lowest BCUT2D eigenvalue weighted by molar-refractivity contribution is -0.192. The van der Waals surface area contributed by atoms with Gasteiger partial charge in [-0.05, 0) is 39.8 Å². The van der Waals surface area contributed by atoms with Crippen molar-refractivity contribution in [3.63, 3.8) is 0 Å². The van der Waals surface area contributed by atoms with Gasteiger partial charge in [0.2, 0.25) is 0 Å². The Bertz CT molecular complexity index is 1020. The maximum absolute atomic E-state index is 13.3. The minimum atomic E-state index is -4.87. The van der Waals surface area contributed by atoms with Crippen LogP contribution in [0.4, 0.5) is 22.0 Å². The molecule has 0 aliphatic heterocycles. The first-order valence-corrected chi connectivity index (χ1v) is 9.78. The second-order valence-electron chi connectivity index (χ2n) is 7.09. The zero-order valence-corrected chi connectivity index (χ0v) is 18.3. The van der Waals surface area contributed by atoms with E-state index in [-0.39, 0.29) is 35.1 Å². The standard InChI is InChI=1S/C20H20ClF5N2O4/c1-5-28-15(13(21)14(27-28)17(30)31-6-2)11-8-7-10(9-12(11)32-18(22)23)16(29)19(3,4)20(24,25)26/h7-9,18H,5-6H2,1-4H3. The topological polar surface area (TPSA) is 70.4 Å². The largest absolute Gasteiger partial charge is 0.461 e. The monoisotopic (exact) mass is 482 g/mol. The molecular weight excluding hydrogens is 463 g/mol. The van der Waals surface area contributed by atoms with Crippen LogP contribution in [0.15, 0.2) is 18.2 Å². The molecule has 176 valence electrons. The van der Waals surface area contributed by atoms with Gasteiger partial charge in [0.05, 0.1) is 12.3 Å². The maximum atomic E-state index is 13.3. The van der Waals surface area contributed by atoms with Gasteiger partial charge in [0.1, 0.15) is 16.2 Å². The van der Waals surface area contributed by atoms with E-state index in [0.29, 0.717) is 13.8 Å². The molecule has 0 spiro atoms. The van der Waals surface area contributed by atoms with Gasteiger partial charge >= 0.3 is 18.8 Å². The summed E-state index contributed by atoms with van der Waals surface area (Å²) >= 11 is 6.27. The zero-order chi connectivity index (χ0) is 24.4. The molecule has 0 saturated carbocycles. The average molecular weight is 483 g/mol. The third kappa shape index (κ3) is 4.87. The van der Waals surface area contributed by atoms with Crippen molar-refractivity contribution in [2.75, 3.05) is 6.61 Å². The number of nitrogens with zero attached hydrogens (tertiary/aromatic N) is 2. The minimum absolute atomic E-state index is 0.00181. The quantitative estimate of drug-likeness (QED) is 0.271. The molecule has 0 N–H and O–H groups in total. The van der Waals surface area contributed by atoms with Crippen LogP contribution in [0.25, 0.3) is 11.3 Å². The summed E-state index contributed by atoms with van der Waals surface area (Å²) in [6.07, 6.45) is -4.87. The molecule has 2 rings (SSSR count). The molecule has 0 atom stereocenters. The number of carbonyl (C=O) groups is 2. The Morgan fingerprint density at radius 3 is 2.31 bits per heavy atom. The number of benzene rings is 1. The third-order valence-electron chi connectivity index (χ3n) is 4.65. The van der Waals surface area contributed by atoms with E-state index in [0.717, 1.165) is 18.2 Å². The molecule has 32 heavy (non-hydrogen) atoms. The first kappa shape index (κ1) is 25.6. The van der Waals surface area contributed by atoms with Gasteiger partial charge in [0.15, 0.2) is 11.5 Å². The summed E-state index contributed by atoms with van der Waals surface area (Å²) < 4.78 is 76.5. The highest BCUT2D eigenvalue weighted by Crippen LogP contribution is 2.43. The Hall–Kier alpha value is -2.69. The summed E-state index contributed by atoms with van der Waals surface area (Å²) in [7, 11) is 0. The predicted molar refractivity (Wildman–Crippen MR) is 105 cm³/mol. The lowest BCUT2D eigenvalue weighted by Gasteiger charge is -2.26. The Labute approximate surface area is 185 Å². The molecule has 0 unspecified atom stereocenters. The number of ether oxygens (including phenoxy) is 2. The second-order valence-corrected chi connectivity index (χ2v) is 7.47. The Balaban J connectivity index is 2.68. The van der Waals surface area contributed by atoms with Crippen molar-refractivity contribution in [3.05, 3.63) is 34.5 Å². The van der Waals surface area contributed by atoms with Crippen LogP contribution in [0.2, 0.25) is 5.02 Å². The van der Waals surface area contributed by atoms with Crippen molar-refractivity contribution >= 4 is 23.4 Å². The molecule has 0 bridgehead atoms. The first-order valence-electron chi connectivity index (χ1n) is 9.40. The number of aromatic nitrogens is 2. The van der Waals surface area contributed by atoms with Crippen LogP contribution in [-0.2, 0) is 11.3 Å². The van der Waals surface area contributed by atoms with Gasteiger partial charge in [-0.1, -0.05) is 17.7 Å². The van der Waals surface area contributed by atoms with Crippen LogP contribution < -0.4 is 4.74 Å². The minimum Gasteiger partial charge on any atom is -0.461 e. The molecule has 1 heterocycles. The van der Waals surface area contributed by atoms with Crippen LogP contribution in [0.5, 0.6) is 5.75 Å². The predicted octanol–water partition coefficient (Wildman–Crippen LogP) is 5.77. The highest BCUT2D eigenvalue weighted by Gasteiger charge is 2.53. The molecular formula is C20H20ClF5N2O4. The van der Waals surface area contributed by atoms with E-state index in [1.165, 1.54) is 4.68 Å². The molecule has 0 aliphatic carbocycles. The fraction of sp³-hybridized carbons (Fsp3) is 0.450. The summed E-state index contributed by atoms with van der Waals surface area (Å²) in [5.41, 5.74) is -3.62. The van der Waals surface area contributed by atoms with Gasteiger partial charge in [0, 0.05) is 17.7 Å². The SMILES string of the molecule is CCOC(=O)c1nn(CC)c(-c2ccc(C(=O)C(C)(C)C(F)(F)F)cc2OC(F)F)c1Cl. The summed E-state index contributed by atoms with van der Waals surface area (Å²) in [6, 6.07) is 2.93. The number of aryl methyl sites for hydroxylation is 1. The number of hydrogen-bond donors (Lipinski definition) is 0. The van der Waals surface area contributed by atoms with Crippen molar-refractivity contribution in [2.45, 2.75) is 47.0 Å². The van der Waals surface area contributed by atoms with Crippen molar-refractivity contribution in [2.24, 2.45) is 5.41 Å². The second kappa shape index (κ2) is 9.43. The molecule has 0 saturated heterocycles. The number of carbonyl (C=O) groups excluding carboxylic acids is 2. The number of esters is 1. The van der Waals surface area contributed by atoms with Crippen LogP contribution in [0, 0.1) is 5.41 Å². The van der Waals surface area contributed by atoms with Crippen LogP contribution >= 0.6 is 11.6 Å². The molecule has 2 aromatic rings. The van der Waals surface area contributed by atoms with Crippen LogP contribution in [-0.4, -0.2) is 40.9 Å². The lowest BCUT2D eigenvalue weighted by Crippen LogP contribution is -2.39. The van der Waals surface area contributed by atoms with Crippen molar-refractivity contribution < 1.29 is 41.0 Å². The molecule has 6 nitrogen and oxygen atoms in total. The van der Waals surface area contributed by atoms with Crippen molar-refractivity contribution in [1.82, 2.24) is 9.78 Å². The first-order chi connectivity index (χ1) is 14.8. The number of rotatable bonds is 8. The molecule has 0 amide bonds. The van der Waals surface area contributed by atoms with E-state index < -0.39 is 41.3 Å². The van der Waals surface area contributed by atoms with E-state index in [2.05, 4.69) is 9.84 Å². The van der Waals surface area contributed by atoms with Gasteiger partial charge in [0.25, 0.3) is 0 Å². The number of halogens is 6. The zero-order valence-electron chi connectivity index (χ0n) is 17.5. The molecule has 0 aliphatic rings. The Morgan fingerprint density at radius 2 is 1.81 bits per heavy atom. The van der Waals surface area contributed by atoms with Gasteiger partial charge in [-0.3, -0.25) is 9.48 Å². The summed E-state index contributed by atoms with van der Waals surface area (Å²) in [5, 5.41) is 3.80. The van der Waals surface area contributed by atoms with Crippen molar-refractivity contribution in [3.8, 4) is 17.0 Å². The lowest BCUT2D eigenvalue weighted by atomic mass is 9.83. The van der Waals surface area contributed by atoms with Gasteiger partial charge in [-0.25, -0.2) is 4.79 Å². The van der Waals surface area contributed by atoms with Gasteiger partial charge in [-0.2, -0.15) is 27.1 Å². The maximum Gasteiger partial charge on any atom is 0.401 e. The Kier molecular flexibility index (Phi) is 7.54. The normalized spacial score (nSPS) is 12.2. The van der Waals surface area contributed by atoms with Crippen LogP contribution in [0.1, 0.15) is 48.5 Å². The number of ketones is 1. The summed E-state index contributed by atoms with van der Waals surface area (Å²) in [5.74, 6) is -2.78. The van der Waals surface area contributed by atoms with Crippen molar-refractivity contribution in [1.29, 1.82) is 0 Å². The summed E-state index contributed by atoms with van der Waals surface area (Å²) in [6.45, 7) is 1.42. The van der Waals surface area contributed by atoms with Gasteiger partial charge in [-0.15, -0.1) is 0 Å². The van der Waals surface area contributed by atoms with E-state index in [4.69, 9.17) is 16.3 Å². The number of alkyl halides is 5. The van der Waals surface area contributed by atoms with Crippen LogP contribution in [0.3, 0.4) is 0 Å².